The van der Waals surface area contributed by atoms with Gasteiger partial charge in [0.25, 0.3) is 5.91 Å². The van der Waals surface area contributed by atoms with Crippen molar-refractivity contribution in [2.75, 3.05) is 14.1 Å². The summed E-state index contributed by atoms with van der Waals surface area (Å²) < 4.78 is 78.3. The molecular weight excluding hydrogens is 476 g/mol. The van der Waals surface area contributed by atoms with E-state index in [0.717, 1.165) is 41.4 Å². The fraction of sp³-hybridized carbons (Fsp3) is 0.208. The number of nitrogens with zero attached hydrogens (tertiary/aromatic N) is 2. The van der Waals surface area contributed by atoms with E-state index in [1.54, 1.807) is 0 Å². The van der Waals surface area contributed by atoms with Gasteiger partial charge in [0.15, 0.2) is 0 Å². The van der Waals surface area contributed by atoms with Crippen molar-refractivity contribution in [2.45, 2.75) is 18.4 Å². The van der Waals surface area contributed by atoms with Gasteiger partial charge in [-0.1, -0.05) is 24.3 Å². The third kappa shape index (κ3) is 5.97. The second-order valence-electron chi connectivity index (χ2n) is 7.76. The molecule has 0 unspecified atom stereocenters. The first-order valence-corrected chi connectivity index (χ1v) is 10.1. The van der Waals surface area contributed by atoms with Crippen molar-refractivity contribution in [1.82, 2.24) is 15.2 Å². The summed E-state index contributed by atoms with van der Waals surface area (Å²) >= 11 is 0. The zero-order valence-electron chi connectivity index (χ0n) is 18.4. The van der Waals surface area contributed by atoms with Crippen LogP contribution in [-0.4, -0.2) is 35.8 Å². The number of pyridine rings is 1. The quantitative estimate of drug-likeness (QED) is 0.486. The molecule has 0 aliphatic heterocycles. The Morgan fingerprint density at radius 3 is 2.09 bits per heavy atom. The topological polar surface area (TPSA) is 62.3 Å². The Bertz CT molecular complexity index is 1220. The molecule has 5 nitrogen and oxygen atoms in total. The largest absolute Gasteiger partial charge is 0.416 e. The molecule has 0 saturated heterocycles. The Labute approximate surface area is 196 Å². The summed E-state index contributed by atoms with van der Waals surface area (Å²) in [6.07, 6.45) is -6.71. The Balaban J connectivity index is 1.98. The maximum atomic E-state index is 13.2. The molecule has 0 fully saturated rings. The van der Waals surface area contributed by atoms with Crippen molar-refractivity contribution in [3.63, 3.8) is 0 Å². The molecule has 0 saturated carbocycles. The van der Waals surface area contributed by atoms with Crippen LogP contribution in [-0.2, 0) is 17.1 Å². The van der Waals surface area contributed by atoms with Crippen LogP contribution in [0.4, 0.5) is 26.3 Å². The number of alkyl halides is 6. The molecule has 35 heavy (non-hydrogen) atoms. The summed E-state index contributed by atoms with van der Waals surface area (Å²) in [7, 11) is 2.76. The monoisotopic (exact) mass is 495 g/mol. The normalized spacial score (nSPS) is 12.7. The molecule has 0 aliphatic carbocycles. The number of halogens is 6. The van der Waals surface area contributed by atoms with Gasteiger partial charge in [-0.2, -0.15) is 26.3 Å². The smallest absolute Gasteiger partial charge is 0.347 e. The van der Waals surface area contributed by atoms with Crippen molar-refractivity contribution < 1.29 is 35.9 Å². The van der Waals surface area contributed by atoms with Gasteiger partial charge in [-0.05, 0) is 47.0 Å². The standard InChI is InChI=1S/C24H19F6N3O2/c1-33(2)22(35)20(15-4-3-5-17(12-15)24(28,29)30)32-21(34)19-13-31-11-10-18(19)14-6-8-16(9-7-14)23(25,26)27/h3-13,20H,1-2H3,(H,32,34)/t20-/m0/s1. The SMILES string of the molecule is CN(C)C(=O)[C@@H](NC(=O)c1cnccc1-c1ccc(C(F)(F)F)cc1)c1cccc(C(F)(F)F)c1. The molecule has 0 aliphatic rings. The summed E-state index contributed by atoms with van der Waals surface area (Å²) in [5.41, 5.74) is -1.52. The fourth-order valence-electron chi connectivity index (χ4n) is 3.32. The molecule has 0 radical (unpaired) electrons. The molecule has 2 amide bonds. The molecular formula is C24H19F6N3O2. The van der Waals surface area contributed by atoms with Crippen LogP contribution in [0.3, 0.4) is 0 Å². The highest BCUT2D eigenvalue weighted by atomic mass is 19.4. The zero-order valence-corrected chi connectivity index (χ0v) is 18.4. The number of aromatic nitrogens is 1. The molecule has 2 aromatic carbocycles. The van der Waals surface area contributed by atoms with Crippen LogP contribution in [0, 0.1) is 0 Å². The van der Waals surface area contributed by atoms with Gasteiger partial charge in [-0.15, -0.1) is 0 Å². The maximum Gasteiger partial charge on any atom is 0.416 e. The molecule has 1 N–H and O–H groups in total. The molecule has 184 valence electrons. The molecule has 1 heterocycles. The lowest BCUT2D eigenvalue weighted by Gasteiger charge is -2.23. The van der Waals surface area contributed by atoms with Gasteiger partial charge in [0, 0.05) is 26.5 Å². The minimum Gasteiger partial charge on any atom is -0.347 e. The average molecular weight is 495 g/mol. The van der Waals surface area contributed by atoms with Gasteiger partial charge in [-0.25, -0.2) is 0 Å². The van der Waals surface area contributed by atoms with Gasteiger partial charge in [0.1, 0.15) is 6.04 Å². The van der Waals surface area contributed by atoms with Crippen LogP contribution < -0.4 is 5.32 Å². The third-order valence-corrected chi connectivity index (χ3v) is 5.10. The summed E-state index contributed by atoms with van der Waals surface area (Å²) in [6, 6.07) is 8.05. The molecule has 3 rings (SSSR count). The number of hydrogen-bond acceptors (Lipinski definition) is 3. The Kier molecular flexibility index (Phi) is 7.18. The number of hydrogen-bond donors (Lipinski definition) is 1. The first kappa shape index (κ1) is 25.7. The minimum atomic E-state index is -4.66. The Hall–Kier alpha value is -3.89. The van der Waals surface area contributed by atoms with Crippen molar-refractivity contribution in [3.8, 4) is 11.1 Å². The van der Waals surface area contributed by atoms with Crippen LogP contribution >= 0.6 is 0 Å². The number of carbonyl (C=O) groups excluding carboxylic acids is 2. The lowest BCUT2D eigenvalue weighted by molar-refractivity contribution is -0.138. The lowest BCUT2D eigenvalue weighted by Crippen LogP contribution is -2.40. The molecule has 11 heteroatoms. The van der Waals surface area contributed by atoms with Crippen LogP contribution in [0.15, 0.2) is 67.0 Å². The predicted octanol–water partition coefficient (Wildman–Crippen LogP) is 5.35. The predicted molar refractivity (Wildman–Crippen MR) is 115 cm³/mol. The number of benzene rings is 2. The van der Waals surface area contributed by atoms with E-state index in [1.807, 2.05) is 0 Å². The second kappa shape index (κ2) is 9.77. The van der Waals surface area contributed by atoms with Crippen LogP contribution in [0.1, 0.15) is 33.1 Å². The number of rotatable bonds is 5. The molecule has 3 aromatic rings. The van der Waals surface area contributed by atoms with Crippen molar-refractivity contribution in [2.24, 2.45) is 0 Å². The minimum absolute atomic E-state index is 0.0733. The zero-order chi connectivity index (χ0) is 26.0. The van der Waals surface area contributed by atoms with E-state index in [1.165, 1.54) is 44.6 Å². The van der Waals surface area contributed by atoms with E-state index in [9.17, 15) is 35.9 Å². The molecule has 0 spiro atoms. The summed E-state index contributed by atoms with van der Waals surface area (Å²) in [5.74, 6) is -1.52. The van der Waals surface area contributed by atoms with Gasteiger partial charge in [0.2, 0.25) is 5.91 Å². The van der Waals surface area contributed by atoms with Gasteiger partial charge >= 0.3 is 12.4 Å². The van der Waals surface area contributed by atoms with Gasteiger partial charge < -0.3 is 10.2 Å². The lowest BCUT2D eigenvalue weighted by atomic mass is 9.98. The van der Waals surface area contributed by atoms with E-state index in [0.29, 0.717) is 0 Å². The highest BCUT2D eigenvalue weighted by molar-refractivity contribution is 6.02. The van der Waals surface area contributed by atoms with E-state index >= 15 is 0 Å². The van der Waals surface area contributed by atoms with Crippen molar-refractivity contribution in [1.29, 1.82) is 0 Å². The fourth-order valence-corrected chi connectivity index (χ4v) is 3.32. The van der Waals surface area contributed by atoms with Crippen LogP contribution in [0.5, 0.6) is 0 Å². The summed E-state index contributed by atoms with van der Waals surface area (Å²) in [5, 5.41) is 2.44. The Morgan fingerprint density at radius 1 is 0.886 bits per heavy atom. The summed E-state index contributed by atoms with van der Waals surface area (Å²) in [6.45, 7) is 0. The molecule has 0 bridgehead atoms. The van der Waals surface area contributed by atoms with Crippen molar-refractivity contribution in [3.05, 3.63) is 89.2 Å². The number of carbonyl (C=O) groups is 2. The highest BCUT2D eigenvalue weighted by Crippen LogP contribution is 2.33. The number of nitrogens with one attached hydrogen (secondary N) is 1. The Morgan fingerprint density at radius 2 is 1.51 bits per heavy atom. The maximum absolute atomic E-state index is 13.2. The first-order valence-electron chi connectivity index (χ1n) is 10.1. The second-order valence-corrected chi connectivity index (χ2v) is 7.76. The summed E-state index contributed by atoms with van der Waals surface area (Å²) in [4.78, 5) is 30.9. The highest BCUT2D eigenvalue weighted by Gasteiger charge is 2.33. The number of likely N-dealkylation sites (N-methyl/N-ethyl adjacent to an activating group) is 1. The van der Waals surface area contributed by atoms with E-state index in [-0.39, 0.29) is 22.3 Å². The van der Waals surface area contributed by atoms with E-state index in [2.05, 4.69) is 10.3 Å². The average Bonchev–Trinajstić information content (AvgIpc) is 2.81. The van der Waals surface area contributed by atoms with Crippen molar-refractivity contribution >= 4 is 11.8 Å². The first-order chi connectivity index (χ1) is 16.3. The molecule has 1 aromatic heterocycles. The number of amides is 2. The molecule has 1 atom stereocenters. The van der Waals surface area contributed by atoms with Gasteiger partial charge in [-0.3, -0.25) is 14.6 Å². The van der Waals surface area contributed by atoms with Crippen LogP contribution in [0.25, 0.3) is 11.1 Å². The van der Waals surface area contributed by atoms with E-state index in [4.69, 9.17) is 0 Å². The third-order valence-electron chi connectivity index (χ3n) is 5.10. The van der Waals surface area contributed by atoms with E-state index < -0.39 is 41.3 Å². The van der Waals surface area contributed by atoms with Crippen LogP contribution in [0.2, 0.25) is 0 Å². The van der Waals surface area contributed by atoms with Gasteiger partial charge in [0.05, 0.1) is 16.7 Å².